The summed E-state index contributed by atoms with van der Waals surface area (Å²) in [4.78, 5) is 12.5. The maximum absolute atomic E-state index is 13.3. The van der Waals surface area contributed by atoms with E-state index in [-0.39, 0.29) is 11.6 Å². The van der Waals surface area contributed by atoms with Crippen molar-refractivity contribution in [2.45, 2.75) is 32.1 Å². The zero-order chi connectivity index (χ0) is 15.7. The molecule has 0 atom stereocenters. The fourth-order valence-electron chi connectivity index (χ4n) is 2.37. The number of hydrogen-bond donors (Lipinski definition) is 0. The molecule has 0 unspecified atom stereocenters. The van der Waals surface area contributed by atoms with Crippen LogP contribution in [-0.2, 0) is 13.2 Å². The fraction of sp³-hybridized carbons (Fsp3) is 0.357. The summed E-state index contributed by atoms with van der Waals surface area (Å²) in [6.45, 7) is 1.03. The monoisotopic (exact) mass is 368 g/mol. The van der Waals surface area contributed by atoms with E-state index in [0.717, 1.165) is 18.4 Å². The Bertz CT molecular complexity index is 702. The van der Waals surface area contributed by atoms with Gasteiger partial charge in [-0.05, 0) is 51.4 Å². The lowest BCUT2D eigenvalue weighted by atomic mass is 10.2. The largest absolute Gasteiger partial charge is 0.404 e. The van der Waals surface area contributed by atoms with Gasteiger partial charge in [0.1, 0.15) is 17.0 Å². The average molecular weight is 369 g/mol. The highest BCUT2D eigenvalue weighted by Crippen LogP contribution is 2.30. The van der Waals surface area contributed by atoms with Crippen molar-refractivity contribution in [2.75, 3.05) is 0 Å². The van der Waals surface area contributed by atoms with Crippen molar-refractivity contribution >= 4 is 21.7 Å². The van der Waals surface area contributed by atoms with E-state index in [1.165, 1.54) is 12.1 Å². The molecule has 1 aromatic heterocycles. The highest BCUT2D eigenvalue weighted by Gasteiger charge is 2.30. The molecule has 0 amide bonds. The quantitative estimate of drug-likeness (QED) is 0.579. The van der Waals surface area contributed by atoms with Crippen LogP contribution in [0.5, 0.6) is 0 Å². The molecule has 1 fully saturated rings. The van der Waals surface area contributed by atoms with Crippen molar-refractivity contribution in [3.63, 3.8) is 0 Å². The Kier molecular flexibility index (Phi) is 4.21. The Labute approximate surface area is 134 Å². The van der Waals surface area contributed by atoms with Crippen molar-refractivity contribution in [3.8, 4) is 0 Å². The standard InChI is InChI=1S/C14H14BrFN4O2/c15-13-8-19(17-14(13)20(21)22)9-18(12-4-5-12)7-10-2-1-3-11(16)6-10/h1-3,6,8,12H,4-5,7,9H2. The van der Waals surface area contributed by atoms with Gasteiger partial charge in [0, 0.05) is 12.6 Å². The molecular formula is C14H14BrFN4O2. The van der Waals surface area contributed by atoms with Crippen LogP contribution in [-0.4, -0.2) is 25.6 Å². The van der Waals surface area contributed by atoms with Crippen LogP contribution in [0.1, 0.15) is 18.4 Å². The summed E-state index contributed by atoms with van der Waals surface area (Å²) in [5.74, 6) is -0.452. The number of hydrogen-bond acceptors (Lipinski definition) is 4. The van der Waals surface area contributed by atoms with E-state index in [4.69, 9.17) is 0 Å². The van der Waals surface area contributed by atoms with Gasteiger partial charge in [0.2, 0.25) is 0 Å². The second-order valence-electron chi connectivity index (χ2n) is 5.35. The smallest absolute Gasteiger partial charge is 0.358 e. The van der Waals surface area contributed by atoms with Crippen molar-refractivity contribution in [3.05, 3.63) is 56.4 Å². The molecule has 116 valence electrons. The molecule has 2 aromatic rings. The molecular weight excluding hydrogens is 355 g/mol. The summed E-state index contributed by atoms with van der Waals surface area (Å²) in [5, 5.41) is 14.8. The lowest BCUT2D eigenvalue weighted by molar-refractivity contribution is -0.390. The summed E-state index contributed by atoms with van der Waals surface area (Å²) in [7, 11) is 0. The summed E-state index contributed by atoms with van der Waals surface area (Å²) < 4.78 is 15.2. The first kappa shape index (κ1) is 15.1. The van der Waals surface area contributed by atoms with E-state index >= 15 is 0 Å². The Hall–Kier alpha value is -1.80. The van der Waals surface area contributed by atoms with Gasteiger partial charge < -0.3 is 10.1 Å². The molecule has 1 heterocycles. The SMILES string of the molecule is O=[N+]([O-])c1nn(CN(Cc2cccc(F)c2)C2CC2)cc1Br. The van der Waals surface area contributed by atoms with Crippen molar-refractivity contribution < 1.29 is 9.31 Å². The second kappa shape index (κ2) is 6.13. The molecule has 0 spiro atoms. The van der Waals surface area contributed by atoms with Crippen molar-refractivity contribution in [2.24, 2.45) is 0 Å². The normalized spacial score (nSPS) is 14.5. The molecule has 3 rings (SSSR count). The van der Waals surface area contributed by atoms with Gasteiger partial charge in [-0.15, -0.1) is 0 Å². The molecule has 6 nitrogen and oxygen atoms in total. The van der Waals surface area contributed by atoms with Crippen LogP contribution in [0, 0.1) is 15.9 Å². The third-order valence-corrected chi connectivity index (χ3v) is 4.10. The van der Waals surface area contributed by atoms with Crippen LogP contribution < -0.4 is 0 Å². The van der Waals surface area contributed by atoms with E-state index < -0.39 is 4.92 Å². The van der Waals surface area contributed by atoms with Gasteiger partial charge in [-0.3, -0.25) is 4.90 Å². The summed E-state index contributed by atoms with van der Waals surface area (Å²) >= 11 is 3.14. The second-order valence-corrected chi connectivity index (χ2v) is 6.20. The molecule has 8 heteroatoms. The molecule has 0 aliphatic heterocycles. The van der Waals surface area contributed by atoms with Gasteiger partial charge in [-0.1, -0.05) is 12.1 Å². The number of nitrogens with zero attached hydrogens (tertiary/aromatic N) is 4. The van der Waals surface area contributed by atoms with Gasteiger partial charge in [0.05, 0.1) is 11.3 Å². The van der Waals surface area contributed by atoms with Crippen LogP contribution in [0.4, 0.5) is 10.2 Å². The molecule has 1 aliphatic carbocycles. The van der Waals surface area contributed by atoms with Gasteiger partial charge in [-0.25, -0.2) is 4.39 Å². The maximum atomic E-state index is 13.3. The van der Waals surface area contributed by atoms with Crippen LogP contribution >= 0.6 is 15.9 Å². The van der Waals surface area contributed by atoms with Crippen LogP contribution in [0.15, 0.2) is 34.9 Å². The minimum Gasteiger partial charge on any atom is -0.358 e. The molecule has 0 radical (unpaired) electrons. The first-order valence-electron chi connectivity index (χ1n) is 6.89. The van der Waals surface area contributed by atoms with E-state index in [0.29, 0.717) is 23.7 Å². The van der Waals surface area contributed by atoms with Crippen LogP contribution in [0.3, 0.4) is 0 Å². The van der Waals surface area contributed by atoms with Gasteiger partial charge in [-0.2, -0.15) is 4.68 Å². The van der Waals surface area contributed by atoms with Gasteiger partial charge >= 0.3 is 5.82 Å². The van der Waals surface area contributed by atoms with Gasteiger partial charge in [0.15, 0.2) is 0 Å². The predicted octanol–water partition coefficient (Wildman–Crippen LogP) is 3.32. The molecule has 1 saturated carbocycles. The Balaban J connectivity index is 1.75. The zero-order valence-electron chi connectivity index (χ0n) is 11.7. The minimum absolute atomic E-state index is 0.193. The van der Waals surface area contributed by atoms with Crippen LogP contribution in [0.2, 0.25) is 0 Å². The molecule has 22 heavy (non-hydrogen) atoms. The van der Waals surface area contributed by atoms with Crippen molar-refractivity contribution in [1.29, 1.82) is 0 Å². The number of aromatic nitrogens is 2. The van der Waals surface area contributed by atoms with Gasteiger partial charge in [0.25, 0.3) is 0 Å². The van der Waals surface area contributed by atoms with Crippen molar-refractivity contribution in [1.82, 2.24) is 14.7 Å². The zero-order valence-corrected chi connectivity index (χ0v) is 13.2. The molecule has 1 aliphatic rings. The predicted molar refractivity (Wildman–Crippen MR) is 81.5 cm³/mol. The van der Waals surface area contributed by atoms with E-state index in [1.807, 2.05) is 6.07 Å². The number of nitro groups is 1. The highest BCUT2D eigenvalue weighted by atomic mass is 79.9. The van der Waals surface area contributed by atoms with E-state index in [9.17, 15) is 14.5 Å². The Morgan fingerprint density at radius 1 is 1.50 bits per heavy atom. The first-order chi connectivity index (χ1) is 10.5. The topological polar surface area (TPSA) is 64.2 Å². The number of rotatable bonds is 6. The summed E-state index contributed by atoms with van der Waals surface area (Å²) in [6.07, 6.45) is 3.76. The Morgan fingerprint density at radius 3 is 2.86 bits per heavy atom. The Morgan fingerprint density at radius 2 is 2.27 bits per heavy atom. The molecule has 0 saturated heterocycles. The number of halogens is 2. The first-order valence-corrected chi connectivity index (χ1v) is 7.68. The lowest BCUT2D eigenvalue weighted by Crippen LogP contribution is -2.28. The molecule has 0 N–H and O–H groups in total. The average Bonchev–Trinajstić information content (AvgIpc) is 3.22. The van der Waals surface area contributed by atoms with E-state index in [1.54, 1.807) is 16.9 Å². The van der Waals surface area contributed by atoms with Crippen LogP contribution in [0.25, 0.3) is 0 Å². The minimum atomic E-state index is -0.519. The van der Waals surface area contributed by atoms with E-state index in [2.05, 4.69) is 25.9 Å². The third-order valence-electron chi connectivity index (χ3n) is 3.54. The number of benzene rings is 1. The fourth-order valence-corrected chi connectivity index (χ4v) is 2.83. The lowest BCUT2D eigenvalue weighted by Gasteiger charge is -2.20. The highest BCUT2D eigenvalue weighted by molar-refractivity contribution is 9.10. The third kappa shape index (κ3) is 3.50. The summed E-state index contributed by atoms with van der Waals surface area (Å²) in [6, 6.07) is 6.91. The summed E-state index contributed by atoms with van der Waals surface area (Å²) in [5.41, 5.74) is 0.882. The maximum Gasteiger partial charge on any atom is 0.404 e. The molecule has 1 aromatic carbocycles. The molecule has 0 bridgehead atoms.